The van der Waals surface area contributed by atoms with E-state index in [9.17, 15) is 4.79 Å². The lowest BCUT2D eigenvalue weighted by Gasteiger charge is -2.03. The van der Waals surface area contributed by atoms with Crippen molar-refractivity contribution >= 4 is 17.6 Å². The number of hydrogen-bond donors (Lipinski definition) is 1. The van der Waals surface area contributed by atoms with Crippen LogP contribution in [-0.2, 0) is 4.79 Å². The highest BCUT2D eigenvalue weighted by Gasteiger charge is 2.02. The average molecular weight is 241 g/mol. The maximum atomic E-state index is 10.7. The largest absolute Gasteiger partial charge is 0.490 e. The average Bonchev–Trinajstić information content (AvgIpc) is 2.26. The van der Waals surface area contributed by atoms with E-state index in [1.165, 1.54) is 0 Å². The van der Waals surface area contributed by atoms with Gasteiger partial charge in [-0.1, -0.05) is 18.5 Å². The second-order valence-corrected chi connectivity index (χ2v) is 3.59. The van der Waals surface area contributed by atoms with Crippen molar-refractivity contribution in [2.75, 3.05) is 6.61 Å². The van der Waals surface area contributed by atoms with Gasteiger partial charge in [-0.05, 0) is 36.8 Å². The smallest absolute Gasteiger partial charge is 0.331 e. The molecule has 0 fully saturated rings. The van der Waals surface area contributed by atoms with Crippen LogP contribution in [0.3, 0.4) is 0 Å². The van der Waals surface area contributed by atoms with Crippen molar-refractivity contribution in [1.29, 1.82) is 0 Å². The summed E-state index contributed by atoms with van der Waals surface area (Å²) in [6.45, 7) is 2.04. The molecule has 0 aromatic heterocycles. The molecule has 16 heavy (non-hydrogen) atoms. The molecule has 0 saturated heterocycles. The number of hydrogen-bond acceptors (Lipinski definition) is 2. The second kappa shape index (κ2) is 6.18. The molecular formula is C12H13ClO3. The Morgan fingerprint density at radius 2 is 2.06 bits per heavy atom. The molecule has 86 valence electrons. The Kier molecular flexibility index (Phi) is 4.86. The monoisotopic (exact) mass is 240 g/mol. The predicted molar refractivity (Wildman–Crippen MR) is 63.0 cm³/mol. The van der Waals surface area contributed by atoms with E-state index in [-0.39, 0.29) is 6.61 Å². The van der Waals surface area contributed by atoms with Crippen LogP contribution in [0.4, 0.5) is 0 Å². The van der Waals surface area contributed by atoms with Crippen LogP contribution in [0.2, 0.25) is 5.02 Å². The van der Waals surface area contributed by atoms with Crippen LogP contribution in [-0.4, -0.2) is 17.7 Å². The summed E-state index contributed by atoms with van der Waals surface area (Å²) in [6.07, 6.45) is 2.05. The normalized spacial score (nSPS) is 11.2. The molecule has 0 aliphatic carbocycles. The Morgan fingerprint density at radius 1 is 1.44 bits per heavy atom. The topological polar surface area (TPSA) is 46.5 Å². The first kappa shape index (κ1) is 12.6. The lowest BCUT2D eigenvalue weighted by atomic mass is 10.2. The highest BCUT2D eigenvalue weighted by Crippen LogP contribution is 2.15. The summed E-state index contributed by atoms with van der Waals surface area (Å²) in [4.78, 5) is 10.7. The molecule has 0 amide bonds. The number of carboxylic acids is 1. The highest BCUT2D eigenvalue weighted by atomic mass is 35.5. The van der Waals surface area contributed by atoms with Crippen LogP contribution < -0.4 is 4.74 Å². The van der Waals surface area contributed by atoms with E-state index < -0.39 is 5.97 Å². The van der Waals surface area contributed by atoms with E-state index in [0.29, 0.717) is 22.8 Å². The zero-order valence-electron chi connectivity index (χ0n) is 8.94. The van der Waals surface area contributed by atoms with Gasteiger partial charge in [-0.2, -0.15) is 0 Å². The molecule has 0 spiro atoms. The van der Waals surface area contributed by atoms with Crippen molar-refractivity contribution in [3.05, 3.63) is 40.9 Å². The van der Waals surface area contributed by atoms with Crippen molar-refractivity contribution < 1.29 is 14.6 Å². The fraction of sp³-hybridized carbons (Fsp3) is 0.250. The van der Waals surface area contributed by atoms with Gasteiger partial charge in [0, 0.05) is 10.6 Å². The number of rotatable bonds is 5. The van der Waals surface area contributed by atoms with Gasteiger partial charge in [0.05, 0.1) is 0 Å². The molecule has 0 aliphatic rings. The summed E-state index contributed by atoms with van der Waals surface area (Å²) in [6, 6.07) is 6.92. The SMILES string of the molecule is CCC(=CCOc1ccc(Cl)cc1)C(=O)O. The zero-order valence-corrected chi connectivity index (χ0v) is 9.70. The minimum Gasteiger partial charge on any atom is -0.490 e. The van der Waals surface area contributed by atoms with Crippen LogP contribution in [0, 0.1) is 0 Å². The first-order valence-corrected chi connectivity index (χ1v) is 5.32. The summed E-state index contributed by atoms with van der Waals surface area (Å²) in [7, 11) is 0. The molecule has 0 bridgehead atoms. The molecule has 0 radical (unpaired) electrons. The standard InChI is InChI=1S/C12H13ClO3/c1-2-9(12(14)15)7-8-16-11-5-3-10(13)4-6-11/h3-7H,2,8H2,1H3,(H,14,15). The fourth-order valence-electron chi connectivity index (χ4n) is 1.15. The highest BCUT2D eigenvalue weighted by molar-refractivity contribution is 6.30. The van der Waals surface area contributed by atoms with Crippen molar-refractivity contribution in [1.82, 2.24) is 0 Å². The van der Waals surface area contributed by atoms with Gasteiger partial charge in [0.1, 0.15) is 12.4 Å². The van der Waals surface area contributed by atoms with Gasteiger partial charge in [-0.25, -0.2) is 4.79 Å². The Labute approximate surface area is 99.3 Å². The van der Waals surface area contributed by atoms with Gasteiger partial charge in [-0.3, -0.25) is 0 Å². The summed E-state index contributed by atoms with van der Waals surface area (Å²) in [5.74, 6) is -0.233. The molecule has 0 unspecified atom stereocenters. The van der Waals surface area contributed by atoms with Crippen molar-refractivity contribution in [2.45, 2.75) is 13.3 Å². The maximum Gasteiger partial charge on any atom is 0.331 e. The number of ether oxygens (including phenoxy) is 1. The second-order valence-electron chi connectivity index (χ2n) is 3.15. The van der Waals surface area contributed by atoms with Gasteiger partial charge in [0.15, 0.2) is 0 Å². The van der Waals surface area contributed by atoms with E-state index in [1.54, 1.807) is 37.3 Å². The summed E-state index contributed by atoms with van der Waals surface area (Å²) in [5.41, 5.74) is 0.356. The molecule has 1 aromatic carbocycles. The molecule has 3 nitrogen and oxygen atoms in total. The van der Waals surface area contributed by atoms with Gasteiger partial charge >= 0.3 is 5.97 Å². The molecule has 0 saturated carbocycles. The molecule has 1 N–H and O–H groups in total. The predicted octanol–water partition coefficient (Wildman–Crippen LogP) is 3.14. The van der Waals surface area contributed by atoms with E-state index in [0.717, 1.165) is 0 Å². The molecule has 1 rings (SSSR count). The molecule has 1 aromatic rings. The molecule has 0 atom stereocenters. The summed E-state index contributed by atoms with van der Waals surface area (Å²) < 4.78 is 5.35. The zero-order chi connectivity index (χ0) is 12.0. The van der Waals surface area contributed by atoms with Crippen LogP contribution in [0.15, 0.2) is 35.9 Å². The van der Waals surface area contributed by atoms with Crippen LogP contribution >= 0.6 is 11.6 Å². The number of carboxylic acid groups (broad SMARTS) is 1. The van der Waals surface area contributed by atoms with Crippen LogP contribution in [0.25, 0.3) is 0 Å². The number of aliphatic carboxylic acids is 1. The Morgan fingerprint density at radius 3 is 2.56 bits per heavy atom. The Bertz CT molecular complexity index is 382. The summed E-state index contributed by atoms with van der Waals surface area (Å²) in [5, 5.41) is 9.41. The fourth-order valence-corrected chi connectivity index (χ4v) is 1.28. The van der Waals surface area contributed by atoms with Crippen molar-refractivity contribution in [3.63, 3.8) is 0 Å². The Balaban J connectivity index is 2.52. The molecule has 0 heterocycles. The number of halogens is 1. The molecule has 0 aliphatic heterocycles. The number of carbonyl (C=O) groups is 1. The quantitative estimate of drug-likeness (QED) is 0.805. The Hall–Kier alpha value is -1.48. The van der Waals surface area contributed by atoms with Gasteiger partial charge in [0.2, 0.25) is 0 Å². The first-order chi connectivity index (χ1) is 7.63. The first-order valence-electron chi connectivity index (χ1n) is 4.94. The van der Waals surface area contributed by atoms with Crippen molar-refractivity contribution in [2.24, 2.45) is 0 Å². The van der Waals surface area contributed by atoms with Crippen LogP contribution in [0.1, 0.15) is 13.3 Å². The lowest BCUT2D eigenvalue weighted by Crippen LogP contribution is -2.02. The van der Waals surface area contributed by atoms with Gasteiger partial charge in [0.25, 0.3) is 0 Å². The van der Waals surface area contributed by atoms with E-state index in [1.807, 2.05) is 0 Å². The number of benzene rings is 1. The van der Waals surface area contributed by atoms with E-state index in [2.05, 4.69) is 0 Å². The molecule has 4 heteroatoms. The lowest BCUT2D eigenvalue weighted by molar-refractivity contribution is -0.132. The minimum absolute atomic E-state index is 0.247. The van der Waals surface area contributed by atoms with E-state index in [4.69, 9.17) is 21.4 Å². The third-order valence-electron chi connectivity index (χ3n) is 2.05. The van der Waals surface area contributed by atoms with E-state index >= 15 is 0 Å². The van der Waals surface area contributed by atoms with Gasteiger partial charge in [-0.15, -0.1) is 0 Å². The maximum absolute atomic E-state index is 10.7. The van der Waals surface area contributed by atoms with Crippen LogP contribution in [0.5, 0.6) is 5.75 Å². The third-order valence-corrected chi connectivity index (χ3v) is 2.30. The van der Waals surface area contributed by atoms with Crippen molar-refractivity contribution in [3.8, 4) is 5.75 Å². The minimum atomic E-state index is -0.901. The van der Waals surface area contributed by atoms with Gasteiger partial charge < -0.3 is 9.84 Å². The molecular weight excluding hydrogens is 228 g/mol. The summed E-state index contributed by atoms with van der Waals surface area (Å²) >= 11 is 5.71. The third kappa shape index (κ3) is 3.95.